The first kappa shape index (κ1) is 33.7. The first-order valence-electron chi connectivity index (χ1n) is 15.1. The molecule has 5 rings (SSSR count). The molecule has 45 heavy (non-hydrogen) atoms. The van der Waals surface area contributed by atoms with Crippen molar-refractivity contribution in [2.75, 3.05) is 31.6 Å². The van der Waals surface area contributed by atoms with Gasteiger partial charge in [-0.2, -0.15) is 4.31 Å². The second-order valence-corrected chi connectivity index (χ2v) is 14.4. The molecule has 0 aliphatic carbocycles. The lowest BCUT2D eigenvalue weighted by Crippen LogP contribution is -2.58. The zero-order valence-corrected chi connectivity index (χ0v) is 27.3. The van der Waals surface area contributed by atoms with Crippen molar-refractivity contribution in [3.05, 3.63) is 87.9 Å². The number of piperazine rings is 1. The van der Waals surface area contributed by atoms with Crippen LogP contribution in [0.25, 0.3) is 0 Å². The largest absolute Gasteiger partial charge is 0.381 e. The quantitative estimate of drug-likeness (QED) is 0.276. The monoisotopic (exact) mass is 677 g/mol. The lowest BCUT2D eigenvalue weighted by Gasteiger charge is -2.40. The number of ether oxygens (including phenoxy) is 1. The van der Waals surface area contributed by atoms with Crippen LogP contribution in [0, 0.1) is 11.7 Å². The van der Waals surface area contributed by atoms with Gasteiger partial charge in [-0.1, -0.05) is 35.3 Å². The number of sulfonamides is 1. The molecule has 4 N–H and O–H groups in total. The highest BCUT2D eigenvalue weighted by Gasteiger charge is 2.38. The minimum atomic E-state index is -3.86. The molecule has 3 aromatic rings. The number of aromatic nitrogens is 1. The number of halogens is 3. The average molecular weight is 679 g/mol. The molecule has 1 aromatic heterocycles. The number of nitrogens with zero attached hydrogens (tertiary/aromatic N) is 2. The highest BCUT2D eigenvalue weighted by molar-refractivity contribution is 7.89. The molecule has 2 aliphatic heterocycles. The number of carbonyl (C=O) groups excluding carboxylic acids is 1. The summed E-state index contributed by atoms with van der Waals surface area (Å²) in [7, 11) is -3.86. The predicted molar refractivity (Wildman–Crippen MR) is 173 cm³/mol. The number of amides is 1. The van der Waals surface area contributed by atoms with E-state index in [2.05, 4.69) is 15.6 Å². The van der Waals surface area contributed by atoms with Gasteiger partial charge in [0, 0.05) is 59.9 Å². The molecule has 242 valence electrons. The highest BCUT2D eigenvalue weighted by Crippen LogP contribution is 2.36. The zero-order chi connectivity index (χ0) is 32.1. The Balaban J connectivity index is 1.35. The topological polar surface area (TPSA) is 127 Å². The van der Waals surface area contributed by atoms with E-state index in [1.54, 1.807) is 24.3 Å². The SMILES string of the molecule is C[C@H]1CNC[C@H](CCc2c(F)cncc2NC(=O)[C@@H](N)C(c2ccc(Cl)cc2)C2CCOCC2)N1S(=O)(=O)c1ccc(Cl)cc1. The van der Waals surface area contributed by atoms with Crippen molar-refractivity contribution in [1.29, 1.82) is 0 Å². The van der Waals surface area contributed by atoms with Crippen molar-refractivity contribution in [3.8, 4) is 0 Å². The number of carbonyl (C=O) groups is 1. The van der Waals surface area contributed by atoms with E-state index in [0.717, 1.165) is 24.6 Å². The fourth-order valence-electron chi connectivity index (χ4n) is 6.44. The van der Waals surface area contributed by atoms with Gasteiger partial charge in [-0.05, 0) is 80.5 Å². The molecule has 2 fully saturated rings. The van der Waals surface area contributed by atoms with Crippen molar-refractivity contribution in [2.24, 2.45) is 11.7 Å². The summed E-state index contributed by atoms with van der Waals surface area (Å²) in [6, 6.07) is 11.6. The Morgan fingerprint density at radius 1 is 1.09 bits per heavy atom. The van der Waals surface area contributed by atoms with E-state index in [9.17, 15) is 13.2 Å². The molecule has 0 saturated carbocycles. The summed E-state index contributed by atoms with van der Waals surface area (Å²) >= 11 is 12.1. The van der Waals surface area contributed by atoms with Gasteiger partial charge >= 0.3 is 0 Å². The zero-order valence-electron chi connectivity index (χ0n) is 25.0. The van der Waals surface area contributed by atoms with Gasteiger partial charge in [0.05, 0.1) is 29.0 Å². The van der Waals surface area contributed by atoms with Gasteiger partial charge in [0.2, 0.25) is 15.9 Å². The number of benzene rings is 2. The number of pyridine rings is 1. The van der Waals surface area contributed by atoms with Gasteiger partial charge in [0.15, 0.2) is 0 Å². The smallest absolute Gasteiger partial charge is 0.243 e. The molecule has 0 spiro atoms. The maximum Gasteiger partial charge on any atom is 0.243 e. The third-order valence-corrected chi connectivity index (χ3v) is 11.3. The summed E-state index contributed by atoms with van der Waals surface area (Å²) in [6.45, 7) is 3.88. The van der Waals surface area contributed by atoms with Gasteiger partial charge in [-0.3, -0.25) is 9.78 Å². The van der Waals surface area contributed by atoms with Crippen LogP contribution in [0.2, 0.25) is 10.0 Å². The molecule has 2 aliphatic rings. The van der Waals surface area contributed by atoms with E-state index in [-0.39, 0.29) is 40.4 Å². The minimum absolute atomic E-state index is 0.111. The Bertz CT molecular complexity index is 1570. The molecule has 2 saturated heterocycles. The standard InChI is InChI=1S/C32H38Cl2FN5O4S/c1-20-16-37-17-25(40(20)45(42,43)26-9-6-24(34)7-10-26)8-11-27-28(35)18-38-19-29(27)39-32(41)31(36)30(22-12-14-44-15-13-22)21-2-4-23(33)5-3-21/h2-7,9-10,18-20,22,25,30-31,37H,8,11-17,36H2,1H3,(H,39,41)/t20-,25-,30?,31-/m0/s1. The summed E-state index contributed by atoms with van der Waals surface area (Å²) in [4.78, 5) is 17.8. The van der Waals surface area contributed by atoms with Crippen LogP contribution in [0.5, 0.6) is 0 Å². The van der Waals surface area contributed by atoms with E-state index in [0.29, 0.717) is 42.8 Å². The second-order valence-electron chi connectivity index (χ2n) is 11.7. The Labute approximate surface area is 273 Å². The molecule has 4 atom stereocenters. The lowest BCUT2D eigenvalue weighted by atomic mass is 9.76. The van der Waals surface area contributed by atoms with Gasteiger partial charge in [0.25, 0.3) is 0 Å². The van der Waals surface area contributed by atoms with Crippen LogP contribution < -0.4 is 16.4 Å². The third-order valence-electron chi connectivity index (χ3n) is 8.71. The number of hydrogen-bond acceptors (Lipinski definition) is 7. The molecular formula is C32H38Cl2FN5O4S. The third kappa shape index (κ3) is 7.85. The average Bonchev–Trinajstić information content (AvgIpc) is 3.02. The van der Waals surface area contributed by atoms with Gasteiger partial charge in [-0.15, -0.1) is 0 Å². The van der Waals surface area contributed by atoms with Crippen LogP contribution in [-0.2, 0) is 26.0 Å². The number of rotatable bonds is 10. The summed E-state index contributed by atoms with van der Waals surface area (Å²) in [5, 5.41) is 7.14. The van der Waals surface area contributed by atoms with E-state index >= 15 is 4.39 Å². The predicted octanol–water partition coefficient (Wildman–Crippen LogP) is 4.99. The van der Waals surface area contributed by atoms with Crippen LogP contribution in [-0.4, -0.2) is 68.0 Å². The van der Waals surface area contributed by atoms with Crippen molar-refractivity contribution in [2.45, 2.75) is 61.5 Å². The van der Waals surface area contributed by atoms with Gasteiger partial charge in [0.1, 0.15) is 5.82 Å². The normalized spacial score (nSPS) is 21.3. The Morgan fingerprint density at radius 3 is 2.40 bits per heavy atom. The van der Waals surface area contributed by atoms with Crippen LogP contribution in [0.1, 0.15) is 43.2 Å². The Hall–Kier alpha value is -2.64. The molecule has 13 heteroatoms. The van der Waals surface area contributed by atoms with Crippen molar-refractivity contribution < 1.29 is 22.3 Å². The molecule has 9 nitrogen and oxygen atoms in total. The molecule has 0 bridgehead atoms. The van der Waals surface area contributed by atoms with Crippen molar-refractivity contribution in [1.82, 2.24) is 14.6 Å². The second kappa shape index (κ2) is 14.8. The van der Waals surface area contributed by atoms with E-state index in [1.165, 1.54) is 22.6 Å². The molecule has 1 unspecified atom stereocenters. The maximum atomic E-state index is 15.3. The van der Waals surface area contributed by atoms with Crippen LogP contribution in [0.15, 0.2) is 65.8 Å². The maximum absolute atomic E-state index is 15.3. The molecule has 2 aromatic carbocycles. The fourth-order valence-corrected chi connectivity index (χ4v) is 8.53. The molecule has 1 amide bonds. The lowest BCUT2D eigenvalue weighted by molar-refractivity contribution is -0.118. The highest BCUT2D eigenvalue weighted by atomic mass is 35.5. The molecular weight excluding hydrogens is 640 g/mol. The Kier molecular flexibility index (Phi) is 11.1. The van der Waals surface area contributed by atoms with E-state index in [1.807, 2.05) is 19.1 Å². The summed E-state index contributed by atoms with van der Waals surface area (Å²) in [5.41, 5.74) is 7.99. The van der Waals surface area contributed by atoms with E-state index < -0.39 is 33.8 Å². The van der Waals surface area contributed by atoms with Crippen molar-refractivity contribution >= 4 is 44.8 Å². The summed E-state index contributed by atoms with van der Waals surface area (Å²) in [5.74, 6) is -1.25. The van der Waals surface area contributed by atoms with Crippen LogP contribution in [0.4, 0.5) is 10.1 Å². The summed E-state index contributed by atoms with van der Waals surface area (Å²) in [6.07, 6.45) is 4.46. The van der Waals surface area contributed by atoms with Crippen LogP contribution in [0.3, 0.4) is 0 Å². The van der Waals surface area contributed by atoms with E-state index in [4.69, 9.17) is 33.7 Å². The first-order chi connectivity index (χ1) is 21.6. The number of nitrogens with two attached hydrogens (primary N) is 1. The molecule has 0 radical (unpaired) electrons. The minimum Gasteiger partial charge on any atom is -0.381 e. The fraction of sp³-hybridized carbons (Fsp3) is 0.438. The first-order valence-corrected chi connectivity index (χ1v) is 17.3. The Morgan fingerprint density at radius 2 is 1.73 bits per heavy atom. The molecule has 3 heterocycles. The summed E-state index contributed by atoms with van der Waals surface area (Å²) < 4.78 is 49.7. The van der Waals surface area contributed by atoms with Gasteiger partial charge < -0.3 is 21.1 Å². The number of anilines is 1. The number of hydrogen-bond donors (Lipinski definition) is 3. The van der Waals surface area contributed by atoms with Crippen LogP contribution >= 0.6 is 23.2 Å². The van der Waals surface area contributed by atoms with Crippen molar-refractivity contribution in [3.63, 3.8) is 0 Å². The van der Waals surface area contributed by atoms with Gasteiger partial charge in [-0.25, -0.2) is 12.8 Å². The number of nitrogens with one attached hydrogen (secondary N) is 2.